The molecule has 2 N–H and O–H groups in total. The van der Waals surface area contributed by atoms with Crippen LogP contribution in [0.4, 0.5) is 0 Å². The minimum absolute atomic E-state index is 0. The molecule has 0 saturated heterocycles. The topological polar surface area (TPSA) is 74.6 Å². The Bertz CT molecular complexity index is 665. The molecule has 2 aromatic rings. The molecule has 27 heavy (non-hydrogen) atoms. The predicted octanol–water partition coefficient (Wildman–Crippen LogP) is 3.30. The summed E-state index contributed by atoms with van der Waals surface area (Å²) in [5, 5.41) is 7.83. The Kier molecular flexibility index (Phi) is 15.9. The van der Waals surface area contributed by atoms with Crippen LogP contribution in [0.25, 0.3) is 0 Å². The van der Waals surface area contributed by atoms with E-state index in [0.717, 1.165) is 11.4 Å². The number of nitrogens with one attached hydrogen (secondary N) is 2. The van der Waals surface area contributed by atoms with Gasteiger partial charge in [0.15, 0.2) is 8.64 Å². The van der Waals surface area contributed by atoms with Crippen LogP contribution in [-0.2, 0) is 17.1 Å². The molecule has 147 valence electrons. The van der Waals surface area contributed by atoms with E-state index in [9.17, 15) is 0 Å². The van der Waals surface area contributed by atoms with Crippen molar-refractivity contribution in [3.05, 3.63) is 60.2 Å². The van der Waals surface area contributed by atoms with E-state index >= 15 is 0 Å². The number of pyridine rings is 2. The molecule has 0 amide bonds. The molecule has 0 saturated carbocycles. The van der Waals surface area contributed by atoms with Crippen molar-refractivity contribution < 1.29 is 17.1 Å². The first-order chi connectivity index (χ1) is 12.7. The van der Waals surface area contributed by atoms with Crippen molar-refractivity contribution in [3.8, 4) is 0 Å². The van der Waals surface area contributed by atoms with Gasteiger partial charge < -0.3 is 0 Å². The third kappa shape index (κ3) is 13.5. The fourth-order valence-electron chi connectivity index (χ4n) is 1.30. The summed E-state index contributed by atoms with van der Waals surface area (Å²) in [6.07, 6.45) is 10.5. The molecule has 0 spiro atoms. The summed E-state index contributed by atoms with van der Waals surface area (Å²) in [6, 6.07) is 11.3. The molecular weight excluding hydrogens is 468 g/mol. The first kappa shape index (κ1) is 25.6. The van der Waals surface area contributed by atoms with Crippen LogP contribution in [0.15, 0.2) is 59.0 Å². The van der Waals surface area contributed by atoms with E-state index in [1.165, 1.54) is 23.5 Å². The van der Waals surface area contributed by atoms with Gasteiger partial charge in [-0.25, -0.2) is 0 Å². The summed E-state index contributed by atoms with van der Waals surface area (Å²) in [5.41, 5.74) is 7.02. The molecule has 2 heterocycles. The van der Waals surface area contributed by atoms with Crippen LogP contribution in [-0.4, -0.2) is 43.5 Å². The van der Waals surface area contributed by atoms with Crippen LogP contribution >= 0.6 is 48.0 Å². The van der Waals surface area contributed by atoms with Crippen molar-refractivity contribution in [2.24, 2.45) is 10.2 Å². The summed E-state index contributed by atoms with van der Waals surface area (Å²) < 4.78 is 1.29. The van der Waals surface area contributed by atoms with Gasteiger partial charge in [-0.15, -0.1) is 0 Å². The van der Waals surface area contributed by atoms with Gasteiger partial charge in [-0.05, 0) is 36.8 Å². The van der Waals surface area contributed by atoms with Crippen molar-refractivity contribution in [1.29, 1.82) is 0 Å². The van der Waals surface area contributed by atoms with Gasteiger partial charge >= 0.3 is 0 Å². The largest absolute Gasteiger partial charge is 0.262 e. The van der Waals surface area contributed by atoms with Gasteiger partial charge in [0.25, 0.3) is 0 Å². The number of hydrogen-bond donors (Lipinski definition) is 2. The Morgan fingerprint density at radius 3 is 1.56 bits per heavy atom. The number of hydrazone groups is 2. The summed E-state index contributed by atoms with van der Waals surface area (Å²) in [5.74, 6) is 0. The number of rotatable bonds is 4. The normalized spacial score (nSPS) is 9.85. The molecule has 0 aliphatic carbocycles. The molecule has 0 aromatic carbocycles. The van der Waals surface area contributed by atoms with Crippen LogP contribution in [0.3, 0.4) is 0 Å². The molecule has 0 fully saturated rings. The van der Waals surface area contributed by atoms with Gasteiger partial charge in [0.2, 0.25) is 0 Å². The summed E-state index contributed by atoms with van der Waals surface area (Å²) in [7, 11) is 0. The number of nitrogens with zero attached hydrogens (tertiary/aromatic N) is 4. The zero-order chi connectivity index (χ0) is 19.0. The van der Waals surface area contributed by atoms with Gasteiger partial charge in [-0.1, -0.05) is 60.1 Å². The second kappa shape index (κ2) is 16.8. The molecule has 11 heteroatoms. The number of hydrogen-bond acceptors (Lipinski definition) is 8. The molecule has 0 aliphatic rings. The summed E-state index contributed by atoms with van der Waals surface area (Å²) in [6.45, 7) is 0. The van der Waals surface area contributed by atoms with Gasteiger partial charge in [0.05, 0.1) is 23.8 Å². The first-order valence-corrected chi connectivity index (χ1v) is 10.5. The van der Waals surface area contributed by atoms with E-state index < -0.39 is 0 Å². The molecule has 2 aromatic heterocycles. The van der Waals surface area contributed by atoms with Crippen LogP contribution in [0.1, 0.15) is 11.4 Å². The minimum Gasteiger partial charge on any atom is -0.262 e. The quantitative estimate of drug-likeness (QED) is 0.295. The molecule has 0 unspecified atom stereocenters. The minimum atomic E-state index is 0. The Morgan fingerprint density at radius 2 is 1.26 bits per heavy atom. The fraction of sp³-hybridized carbons (Fsp3) is 0.125. The molecule has 0 aliphatic heterocycles. The maximum atomic E-state index is 4.89. The van der Waals surface area contributed by atoms with E-state index in [1.807, 2.05) is 48.9 Å². The monoisotopic (exact) mass is 485 g/mol. The first-order valence-electron chi connectivity index (χ1n) is 7.21. The van der Waals surface area contributed by atoms with Crippen molar-refractivity contribution >= 4 is 69.0 Å². The van der Waals surface area contributed by atoms with Gasteiger partial charge in [0, 0.05) is 29.5 Å². The number of aromatic nitrogens is 2. The molecule has 1 radical (unpaired) electrons. The third-order valence-corrected chi connectivity index (χ3v) is 4.56. The zero-order valence-electron chi connectivity index (χ0n) is 14.5. The van der Waals surface area contributed by atoms with Crippen LogP contribution in [0.5, 0.6) is 0 Å². The van der Waals surface area contributed by atoms with Gasteiger partial charge in [-0.2, -0.15) is 10.2 Å². The number of thioether (sulfide) groups is 2. The van der Waals surface area contributed by atoms with E-state index in [-0.39, 0.29) is 17.1 Å². The van der Waals surface area contributed by atoms with Crippen molar-refractivity contribution in [2.75, 3.05) is 12.5 Å². The Hall–Kier alpha value is -1.36. The van der Waals surface area contributed by atoms with Gasteiger partial charge in [-0.3, -0.25) is 20.8 Å². The van der Waals surface area contributed by atoms with E-state index in [1.54, 1.807) is 24.8 Å². The standard InChI is InChI=1S/2C8H9N3S2.Cu/c2*1-13-8(12)11-10-6-7-4-2-3-5-9-7;/h2*2-6H,1H3,(H,11,12);. The molecule has 6 nitrogen and oxygen atoms in total. The summed E-state index contributed by atoms with van der Waals surface area (Å²) >= 11 is 12.7. The molecule has 2 rings (SSSR count). The second-order valence-electron chi connectivity index (χ2n) is 4.23. The van der Waals surface area contributed by atoms with E-state index in [2.05, 4.69) is 31.0 Å². The van der Waals surface area contributed by atoms with Crippen molar-refractivity contribution in [1.82, 2.24) is 20.8 Å². The Balaban J connectivity index is 0.000000483. The van der Waals surface area contributed by atoms with E-state index in [0.29, 0.717) is 8.64 Å². The van der Waals surface area contributed by atoms with E-state index in [4.69, 9.17) is 24.4 Å². The average Bonchev–Trinajstić information content (AvgIpc) is 2.70. The summed E-state index contributed by atoms with van der Waals surface area (Å²) in [4.78, 5) is 8.12. The van der Waals surface area contributed by atoms with Crippen molar-refractivity contribution in [2.45, 2.75) is 0 Å². The number of thiocarbonyl (C=S) groups is 2. The predicted molar refractivity (Wildman–Crippen MR) is 122 cm³/mol. The smallest absolute Gasteiger partial charge is 0.153 e. The SMILES string of the molecule is CSC(=S)NN=Cc1ccccn1.CSC(=S)NN=Cc1ccccn1.[Cu]. The van der Waals surface area contributed by atoms with Crippen LogP contribution in [0, 0.1) is 0 Å². The van der Waals surface area contributed by atoms with Crippen LogP contribution in [0.2, 0.25) is 0 Å². The molecular formula is C16H18CuN6S4. The maximum absolute atomic E-state index is 4.89. The Morgan fingerprint density at radius 1 is 0.852 bits per heavy atom. The zero-order valence-corrected chi connectivity index (χ0v) is 18.7. The fourth-order valence-corrected chi connectivity index (χ4v) is 1.69. The third-order valence-electron chi connectivity index (χ3n) is 2.45. The van der Waals surface area contributed by atoms with Crippen molar-refractivity contribution in [3.63, 3.8) is 0 Å². The average molecular weight is 486 g/mol. The molecule has 0 atom stereocenters. The van der Waals surface area contributed by atoms with Gasteiger partial charge in [0.1, 0.15) is 0 Å². The second-order valence-corrected chi connectivity index (χ2v) is 7.20. The Labute approximate surface area is 189 Å². The molecule has 0 bridgehead atoms. The van der Waals surface area contributed by atoms with Crippen LogP contribution < -0.4 is 10.9 Å². The maximum Gasteiger partial charge on any atom is 0.153 e.